The quantitative estimate of drug-likeness (QED) is 0.514. The Kier molecular flexibility index (Phi) is 6.44. The van der Waals surface area contributed by atoms with Gasteiger partial charge in [-0.05, 0) is 17.2 Å². The minimum Gasteiger partial charge on any atom is -0.480 e. The summed E-state index contributed by atoms with van der Waals surface area (Å²) >= 11 is 0. The van der Waals surface area contributed by atoms with Crippen LogP contribution in [0.1, 0.15) is 18.2 Å². The number of aliphatic carboxylic acids is 1. The number of halogens is 1. The molecule has 2 heterocycles. The highest BCUT2D eigenvalue weighted by Crippen LogP contribution is 2.35. The smallest absolute Gasteiger partial charge is 0.480 e. The van der Waals surface area contributed by atoms with Gasteiger partial charge in [0.2, 0.25) is 0 Å². The Labute approximate surface area is 192 Å². The molecule has 6 nitrogen and oxygen atoms in total. The van der Waals surface area contributed by atoms with Crippen LogP contribution in [0.4, 0.5) is 10.1 Å². The predicted molar refractivity (Wildman–Crippen MR) is 129 cm³/mol. The van der Waals surface area contributed by atoms with Crippen LogP contribution in [-0.2, 0) is 4.79 Å². The van der Waals surface area contributed by atoms with Gasteiger partial charge in [0, 0.05) is 24.6 Å². The number of carboxylic acids is 1. The van der Waals surface area contributed by atoms with Crippen LogP contribution < -0.4 is 10.2 Å². The van der Waals surface area contributed by atoms with Crippen LogP contribution in [0.3, 0.4) is 0 Å². The van der Waals surface area contributed by atoms with E-state index in [1.54, 1.807) is 0 Å². The molecule has 2 N–H and O–H groups in total. The Balaban J connectivity index is 1.88. The van der Waals surface area contributed by atoms with E-state index >= 15 is 0 Å². The number of nitrogens with one attached hydrogen (secondary N) is 1. The highest BCUT2D eigenvalue weighted by Gasteiger charge is 2.32. The van der Waals surface area contributed by atoms with Gasteiger partial charge in [-0.25, -0.2) is 8.80 Å². The van der Waals surface area contributed by atoms with Crippen LogP contribution >= 0.6 is 0 Å². The van der Waals surface area contributed by atoms with Crippen LogP contribution in [0.15, 0.2) is 78.5 Å². The van der Waals surface area contributed by atoms with E-state index < -0.39 is 5.97 Å². The minimum atomic E-state index is -0.994. The van der Waals surface area contributed by atoms with Crippen LogP contribution in [0.2, 0.25) is 0 Å². The van der Waals surface area contributed by atoms with Gasteiger partial charge < -0.3 is 15.3 Å². The number of rotatable bonds is 8. The molecule has 1 aliphatic rings. The molecular formula is C25H23BFN3O3+. The monoisotopic (exact) mass is 443 g/mol. The van der Waals surface area contributed by atoms with Gasteiger partial charge in [0.05, 0.1) is 11.3 Å². The van der Waals surface area contributed by atoms with E-state index in [0.717, 1.165) is 28.0 Å². The standard InChI is InChI=1S/C25H23BFN3O3/c1-17-13-21(18-9-5-3-6-10-18)23(29(17)26-27)15-20-14-22(19-11-7-4-8-12-19)25(30(20)33-2)28-16-24(31)32/h3-15,28H,16H2,1-2H3,(H,31,32)/q+1. The van der Waals surface area contributed by atoms with Gasteiger partial charge in [0.1, 0.15) is 13.7 Å². The first kappa shape index (κ1) is 22.1. The van der Waals surface area contributed by atoms with Gasteiger partial charge in [-0.1, -0.05) is 60.7 Å². The lowest BCUT2D eigenvalue weighted by Gasteiger charge is -2.12. The summed E-state index contributed by atoms with van der Waals surface area (Å²) in [6.45, 7) is 1.56. The number of aromatic nitrogens is 1. The molecular weight excluding hydrogens is 420 g/mol. The number of hydrogen-bond donors (Lipinski definition) is 2. The Morgan fingerprint density at radius 1 is 1.15 bits per heavy atom. The summed E-state index contributed by atoms with van der Waals surface area (Å²) in [6, 6.07) is 21.2. The van der Waals surface area contributed by atoms with Crippen molar-refractivity contribution >= 4 is 36.8 Å². The number of benzene rings is 2. The third kappa shape index (κ3) is 4.46. The molecule has 0 saturated heterocycles. The molecule has 0 atom stereocenters. The van der Waals surface area contributed by atoms with E-state index in [4.69, 9.17) is 4.84 Å². The molecule has 4 rings (SSSR count). The van der Waals surface area contributed by atoms with E-state index in [-0.39, 0.29) is 6.54 Å². The zero-order valence-electron chi connectivity index (χ0n) is 18.3. The number of allylic oxidation sites excluding steroid dienone is 2. The van der Waals surface area contributed by atoms with Gasteiger partial charge in [-0.3, -0.25) is 4.79 Å². The fraction of sp³-hybridized carbons (Fsp3) is 0.120. The third-order valence-corrected chi connectivity index (χ3v) is 5.40. The second-order valence-electron chi connectivity index (χ2n) is 7.48. The second-order valence-corrected chi connectivity index (χ2v) is 7.48. The van der Waals surface area contributed by atoms with Gasteiger partial charge in [-0.15, -0.1) is 0 Å². The van der Waals surface area contributed by atoms with E-state index in [1.165, 1.54) is 16.3 Å². The summed E-state index contributed by atoms with van der Waals surface area (Å²) in [5.74, 6) is -0.496. The molecule has 0 aliphatic carbocycles. The predicted octanol–water partition coefficient (Wildman–Crippen LogP) is 4.13. The number of carbonyl (C=O) groups is 1. The molecule has 1 aliphatic heterocycles. The highest BCUT2D eigenvalue weighted by atomic mass is 19.1. The second kappa shape index (κ2) is 9.60. The van der Waals surface area contributed by atoms with Crippen molar-refractivity contribution in [1.29, 1.82) is 0 Å². The first-order valence-electron chi connectivity index (χ1n) is 10.4. The van der Waals surface area contributed by atoms with Crippen molar-refractivity contribution < 1.29 is 23.5 Å². The fourth-order valence-electron chi connectivity index (χ4n) is 3.91. The molecule has 2 aromatic carbocycles. The molecule has 0 unspecified atom stereocenters. The topological polar surface area (TPSA) is 66.5 Å². The highest BCUT2D eigenvalue weighted by molar-refractivity contribution is 6.22. The van der Waals surface area contributed by atoms with E-state index in [9.17, 15) is 14.2 Å². The maximum absolute atomic E-state index is 13.9. The number of anilines is 1. The molecule has 3 aromatic rings. The summed E-state index contributed by atoms with van der Waals surface area (Å²) in [5.41, 5.74) is 5.49. The summed E-state index contributed by atoms with van der Waals surface area (Å²) < 4.78 is 16.9. The van der Waals surface area contributed by atoms with Crippen molar-refractivity contribution in [2.24, 2.45) is 0 Å². The Hall–Kier alpha value is -4.07. The van der Waals surface area contributed by atoms with Crippen LogP contribution in [0, 0.1) is 0 Å². The number of hydrogen-bond acceptors (Lipinski definition) is 3. The number of carboxylic acid groups (broad SMARTS) is 1. The summed E-state index contributed by atoms with van der Waals surface area (Å²) in [4.78, 5) is 16.9. The van der Waals surface area contributed by atoms with Crippen molar-refractivity contribution in [3.05, 3.63) is 89.8 Å². The first-order valence-corrected chi connectivity index (χ1v) is 10.4. The largest absolute Gasteiger partial charge is 0.792 e. The Morgan fingerprint density at radius 2 is 1.79 bits per heavy atom. The van der Waals surface area contributed by atoms with Crippen molar-refractivity contribution in [3.63, 3.8) is 0 Å². The molecule has 165 valence electrons. The summed E-state index contributed by atoms with van der Waals surface area (Å²) in [7, 11) is 2.04. The van der Waals surface area contributed by atoms with Crippen LogP contribution in [0.5, 0.6) is 0 Å². The molecule has 1 radical (unpaired) electrons. The van der Waals surface area contributed by atoms with E-state index in [1.807, 2.05) is 85.8 Å². The molecule has 0 amide bonds. The lowest BCUT2D eigenvalue weighted by Crippen LogP contribution is -2.19. The van der Waals surface area contributed by atoms with Gasteiger partial charge in [0.15, 0.2) is 17.2 Å². The average molecular weight is 443 g/mol. The van der Waals surface area contributed by atoms with Crippen LogP contribution in [0.25, 0.3) is 22.8 Å². The lowest BCUT2D eigenvalue weighted by molar-refractivity contribution is -0.316. The maximum atomic E-state index is 13.9. The zero-order valence-corrected chi connectivity index (χ0v) is 18.3. The van der Waals surface area contributed by atoms with Crippen molar-refractivity contribution in [3.8, 4) is 11.1 Å². The first-order chi connectivity index (χ1) is 16.0. The van der Waals surface area contributed by atoms with Gasteiger partial charge in [-0.2, -0.15) is 4.73 Å². The van der Waals surface area contributed by atoms with Gasteiger partial charge in [0.25, 0.3) is 0 Å². The normalized spacial score (nSPS) is 14.4. The Morgan fingerprint density at radius 3 is 2.36 bits per heavy atom. The molecule has 8 heteroatoms. The maximum Gasteiger partial charge on any atom is 0.792 e. The van der Waals surface area contributed by atoms with Crippen molar-refractivity contribution in [1.82, 2.24) is 4.73 Å². The molecule has 1 aromatic heterocycles. The zero-order chi connectivity index (χ0) is 23.4. The third-order valence-electron chi connectivity index (χ3n) is 5.40. The van der Waals surface area contributed by atoms with E-state index in [0.29, 0.717) is 24.9 Å². The lowest BCUT2D eigenvalue weighted by atomic mass is 10.0. The van der Waals surface area contributed by atoms with E-state index in [2.05, 4.69) is 5.32 Å². The minimum absolute atomic E-state index is 0.282. The molecule has 0 bridgehead atoms. The molecule has 0 fully saturated rings. The molecule has 0 spiro atoms. The number of nitrogens with zero attached hydrogens (tertiary/aromatic N) is 2. The summed E-state index contributed by atoms with van der Waals surface area (Å²) in [6.07, 6.45) is 3.76. The van der Waals surface area contributed by atoms with Gasteiger partial charge >= 0.3 is 13.7 Å². The summed E-state index contributed by atoms with van der Waals surface area (Å²) in [5, 5.41) is 12.2. The Bertz CT molecular complexity index is 1260. The molecule has 33 heavy (non-hydrogen) atoms. The van der Waals surface area contributed by atoms with Crippen molar-refractivity contribution in [2.45, 2.75) is 6.92 Å². The fourth-order valence-corrected chi connectivity index (χ4v) is 3.91. The SMILES string of the molecule is COn1c(/C=C2/C(c3ccccc3)=CC(C)=[N+]2[B]F)cc(-c2ccccc2)c1NCC(=O)O. The van der Waals surface area contributed by atoms with Crippen LogP contribution in [-0.4, -0.2) is 47.4 Å². The average Bonchev–Trinajstić information content (AvgIpc) is 3.35. The van der Waals surface area contributed by atoms with Crippen molar-refractivity contribution in [2.75, 3.05) is 19.0 Å². The molecule has 0 saturated carbocycles.